The first-order valence-electron chi connectivity index (χ1n) is 8.36. The molecule has 0 radical (unpaired) electrons. The Hall–Kier alpha value is -1.55. The normalized spacial score (nSPS) is 16.4. The SMILES string of the molecule is CCOC(=O)C1CCN(CCCCOc2ccccc2)CC1. The summed E-state index contributed by atoms with van der Waals surface area (Å²) in [6.07, 6.45) is 4.06. The lowest BCUT2D eigenvalue weighted by Crippen LogP contribution is -2.37. The van der Waals surface area contributed by atoms with Crippen molar-refractivity contribution < 1.29 is 14.3 Å². The molecule has 2 rings (SSSR count). The Morgan fingerprint density at radius 1 is 1.18 bits per heavy atom. The zero-order valence-corrected chi connectivity index (χ0v) is 13.5. The number of hydrogen-bond donors (Lipinski definition) is 0. The third-order valence-electron chi connectivity index (χ3n) is 4.09. The summed E-state index contributed by atoms with van der Waals surface area (Å²) in [5.41, 5.74) is 0. The van der Waals surface area contributed by atoms with E-state index in [2.05, 4.69) is 4.90 Å². The van der Waals surface area contributed by atoms with Gasteiger partial charge in [0.2, 0.25) is 0 Å². The van der Waals surface area contributed by atoms with Gasteiger partial charge in [0.15, 0.2) is 0 Å². The van der Waals surface area contributed by atoms with Gasteiger partial charge in [-0.05, 0) is 64.4 Å². The molecule has 0 aromatic heterocycles. The molecule has 122 valence electrons. The van der Waals surface area contributed by atoms with Gasteiger partial charge in [0.05, 0.1) is 19.1 Å². The van der Waals surface area contributed by atoms with Gasteiger partial charge < -0.3 is 14.4 Å². The summed E-state index contributed by atoms with van der Waals surface area (Å²) in [7, 11) is 0. The minimum absolute atomic E-state index is 0.0154. The first kappa shape index (κ1) is 16.8. The van der Waals surface area contributed by atoms with Crippen LogP contribution >= 0.6 is 0 Å². The Labute approximate surface area is 133 Å². The third kappa shape index (κ3) is 5.68. The number of likely N-dealkylation sites (tertiary alicyclic amines) is 1. The van der Waals surface area contributed by atoms with Crippen molar-refractivity contribution in [2.24, 2.45) is 5.92 Å². The number of carbonyl (C=O) groups excluding carboxylic acids is 1. The summed E-state index contributed by atoms with van der Waals surface area (Å²) >= 11 is 0. The number of ether oxygens (including phenoxy) is 2. The van der Waals surface area contributed by atoms with E-state index in [4.69, 9.17) is 9.47 Å². The van der Waals surface area contributed by atoms with Crippen LogP contribution in [0.4, 0.5) is 0 Å². The Bertz CT molecular complexity index is 427. The van der Waals surface area contributed by atoms with Crippen molar-refractivity contribution in [3.8, 4) is 5.75 Å². The van der Waals surface area contributed by atoms with Gasteiger partial charge in [-0.15, -0.1) is 0 Å². The van der Waals surface area contributed by atoms with Crippen molar-refractivity contribution in [1.82, 2.24) is 4.90 Å². The molecule has 1 aromatic carbocycles. The lowest BCUT2D eigenvalue weighted by atomic mass is 9.97. The highest BCUT2D eigenvalue weighted by Gasteiger charge is 2.25. The molecule has 0 spiro atoms. The van der Waals surface area contributed by atoms with E-state index in [1.165, 1.54) is 0 Å². The molecule has 0 aliphatic carbocycles. The van der Waals surface area contributed by atoms with Gasteiger partial charge in [0.1, 0.15) is 5.75 Å². The van der Waals surface area contributed by atoms with E-state index in [-0.39, 0.29) is 11.9 Å². The molecule has 4 heteroatoms. The molecule has 0 N–H and O–H groups in total. The van der Waals surface area contributed by atoms with Crippen LogP contribution in [0.2, 0.25) is 0 Å². The largest absolute Gasteiger partial charge is 0.494 e. The topological polar surface area (TPSA) is 38.8 Å². The van der Waals surface area contributed by atoms with Crippen molar-refractivity contribution in [2.75, 3.05) is 32.8 Å². The number of benzene rings is 1. The fourth-order valence-corrected chi connectivity index (χ4v) is 2.80. The fourth-order valence-electron chi connectivity index (χ4n) is 2.80. The number of rotatable bonds is 8. The number of unbranched alkanes of at least 4 members (excludes halogenated alkanes) is 1. The average molecular weight is 305 g/mol. The van der Waals surface area contributed by atoms with E-state index in [1.807, 2.05) is 37.3 Å². The quantitative estimate of drug-likeness (QED) is 0.546. The van der Waals surface area contributed by atoms with Crippen LogP contribution in [0, 0.1) is 5.92 Å². The minimum Gasteiger partial charge on any atom is -0.494 e. The Morgan fingerprint density at radius 2 is 1.91 bits per heavy atom. The molecular formula is C18H27NO3. The molecule has 1 heterocycles. The average Bonchev–Trinajstić information content (AvgIpc) is 2.56. The van der Waals surface area contributed by atoms with Gasteiger partial charge in [-0.3, -0.25) is 4.79 Å². The Balaban J connectivity index is 1.53. The molecule has 1 aliphatic heterocycles. The van der Waals surface area contributed by atoms with Crippen LogP contribution in [0.25, 0.3) is 0 Å². The molecule has 1 aromatic rings. The Morgan fingerprint density at radius 3 is 2.59 bits per heavy atom. The summed E-state index contributed by atoms with van der Waals surface area (Å²) in [6, 6.07) is 9.94. The number of esters is 1. The molecule has 4 nitrogen and oxygen atoms in total. The summed E-state index contributed by atoms with van der Waals surface area (Å²) in [5.74, 6) is 1.04. The van der Waals surface area contributed by atoms with Crippen LogP contribution < -0.4 is 4.74 Å². The van der Waals surface area contributed by atoms with Crippen molar-refractivity contribution in [3.63, 3.8) is 0 Å². The maximum atomic E-state index is 11.7. The molecule has 0 atom stereocenters. The van der Waals surface area contributed by atoms with Crippen molar-refractivity contribution in [3.05, 3.63) is 30.3 Å². The van der Waals surface area contributed by atoms with Gasteiger partial charge >= 0.3 is 5.97 Å². The number of hydrogen-bond acceptors (Lipinski definition) is 4. The molecule has 0 bridgehead atoms. The standard InChI is InChI=1S/C18H27NO3/c1-2-21-18(20)16-10-13-19(14-11-16)12-6-7-15-22-17-8-4-3-5-9-17/h3-5,8-9,16H,2,6-7,10-15H2,1H3. The van der Waals surface area contributed by atoms with E-state index in [0.717, 1.165) is 57.7 Å². The zero-order chi connectivity index (χ0) is 15.6. The monoisotopic (exact) mass is 305 g/mol. The van der Waals surface area contributed by atoms with Crippen molar-refractivity contribution >= 4 is 5.97 Å². The van der Waals surface area contributed by atoms with Crippen LogP contribution in [-0.2, 0) is 9.53 Å². The van der Waals surface area contributed by atoms with E-state index in [0.29, 0.717) is 6.61 Å². The predicted molar refractivity (Wildman–Crippen MR) is 87.0 cm³/mol. The van der Waals surface area contributed by atoms with Crippen molar-refractivity contribution in [2.45, 2.75) is 32.6 Å². The summed E-state index contributed by atoms with van der Waals surface area (Å²) < 4.78 is 10.8. The number of para-hydroxylation sites is 1. The second kappa shape index (κ2) is 9.46. The predicted octanol–water partition coefficient (Wildman–Crippen LogP) is 3.12. The number of nitrogens with zero attached hydrogens (tertiary/aromatic N) is 1. The van der Waals surface area contributed by atoms with Crippen molar-refractivity contribution in [1.29, 1.82) is 0 Å². The van der Waals surface area contributed by atoms with Crippen LogP contribution in [0.15, 0.2) is 30.3 Å². The van der Waals surface area contributed by atoms with E-state index < -0.39 is 0 Å². The number of carbonyl (C=O) groups is 1. The summed E-state index contributed by atoms with van der Waals surface area (Å²) in [4.78, 5) is 14.1. The first-order chi connectivity index (χ1) is 10.8. The zero-order valence-electron chi connectivity index (χ0n) is 13.5. The highest BCUT2D eigenvalue weighted by molar-refractivity contribution is 5.72. The van der Waals surface area contributed by atoms with Gasteiger partial charge in [-0.2, -0.15) is 0 Å². The van der Waals surface area contributed by atoms with Gasteiger partial charge in [-0.1, -0.05) is 18.2 Å². The first-order valence-corrected chi connectivity index (χ1v) is 8.36. The molecule has 0 unspecified atom stereocenters. The van der Waals surface area contributed by atoms with E-state index in [9.17, 15) is 4.79 Å². The molecule has 22 heavy (non-hydrogen) atoms. The maximum Gasteiger partial charge on any atom is 0.309 e. The molecule has 0 saturated carbocycles. The fraction of sp³-hybridized carbons (Fsp3) is 0.611. The highest BCUT2D eigenvalue weighted by Crippen LogP contribution is 2.19. The van der Waals surface area contributed by atoms with Gasteiger partial charge in [0.25, 0.3) is 0 Å². The molecule has 1 saturated heterocycles. The lowest BCUT2D eigenvalue weighted by Gasteiger charge is -2.30. The van der Waals surface area contributed by atoms with E-state index >= 15 is 0 Å². The minimum atomic E-state index is -0.0154. The van der Waals surface area contributed by atoms with E-state index in [1.54, 1.807) is 0 Å². The molecule has 1 fully saturated rings. The molecule has 1 aliphatic rings. The summed E-state index contributed by atoms with van der Waals surface area (Å²) in [6.45, 7) is 6.22. The number of piperidine rings is 1. The molecular weight excluding hydrogens is 278 g/mol. The van der Waals surface area contributed by atoms with Gasteiger partial charge in [0, 0.05) is 0 Å². The third-order valence-corrected chi connectivity index (χ3v) is 4.09. The second-order valence-electron chi connectivity index (χ2n) is 5.74. The maximum absolute atomic E-state index is 11.7. The van der Waals surface area contributed by atoms with Crippen LogP contribution in [0.1, 0.15) is 32.6 Å². The van der Waals surface area contributed by atoms with Crippen LogP contribution in [0.3, 0.4) is 0 Å². The highest BCUT2D eigenvalue weighted by atomic mass is 16.5. The summed E-state index contributed by atoms with van der Waals surface area (Å²) in [5, 5.41) is 0. The van der Waals surface area contributed by atoms with Crippen LogP contribution in [-0.4, -0.2) is 43.7 Å². The Kier molecular flexibility index (Phi) is 7.23. The van der Waals surface area contributed by atoms with Gasteiger partial charge in [-0.25, -0.2) is 0 Å². The molecule has 0 amide bonds. The van der Waals surface area contributed by atoms with Crippen LogP contribution in [0.5, 0.6) is 5.75 Å². The smallest absolute Gasteiger partial charge is 0.309 e. The second-order valence-corrected chi connectivity index (χ2v) is 5.74. The lowest BCUT2D eigenvalue weighted by molar-refractivity contribution is -0.149.